The van der Waals surface area contributed by atoms with Crippen molar-refractivity contribution in [1.82, 2.24) is 10.6 Å². The summed E-state index contributed by atoms with van der Waals surface area (Å²) in [5, 5.41) is 5.75. The average Bonchev–Trinajstić information content (AvgIpc) is 2.20. The van der Waals surface area contributed by atoms with Crippen LogP contribution in [0.3, 0.4) is 0 Å². The Morgan fingerprint density at radius 2 is 1.76 bits per heavy atom. The highest BCUT2D eigenvalue weighted by molar-refractivity contribution is 5.77. The number of ether oxygens (including phenoxy) is 2. The molecule has 2 N–H and O–H groups in total. The van der Waals surface area contributed by atoms with Gasteiger partial charge in [-0.1, -0.05) is 0 Å². The topological polar surface area (TPSA) is 59.6 Å². The van der Waals surface area contributed by atoms with Crippen LogP contribution < -0.4 is 10.6 Å². The fraction of sp³-hybridized carbons (Fsp3) is 0.917. The first kappa shape index (κ1) is 16.4. The van der Waals surface area contributed by atoms with Gasteiger partial charge in [0.2, 0.25) is 5.91 Å². The lowest BCUT2D eigenvalue weighted by Crippen LogP contribution is -2.42. The minimum atomic E-state index is -0.299. The van der Waals surface area contributed by atoms with Crippen molar-refractivity contribution < 1.29 is 14.3 Å². The maximum atomic E-state index is 11.4. The van der Waals surface area contributed by atoms with Gasteiger partial charge in [0.15, 0.2) is 0 Å². The van der Waals surface area contributed by atoms with Gasteiger partial charge >= 0.3 is 0 Å². The van der Waals surface area contributed by atoms with Crippen LogP contribution in [0.15, 0.2) is 0 Å². The fourth-order valence-corrected chi connectivity index (χ4v) is 0.843. The summed E-state index contributed by atoms with van der Waals surface area (Å²) in [7, 11) is 1.87. The number of rotatable bonds is 7. The van der Waals surface area contributed by atoms with Crippen LogP contribution in [0.4, 0.5) is 0 Å². The van der Waals surface area contributed by atoms with Crippen LogP contribution in [0.2, 0.25) is 0 Å². The third kappa shape index (κ3) is 10.2. The predicted octanol–water partition coefficient (Wildman–Crippen LogP) is 0.890. The monoisotopic (exact) mass is 246 g/mol. The van der Waals surface area contributed by atoms with E-state index in [1.54, 1.807) is 0 Å². The van der Waals surface area contributed by atoms with Gasteiger partial charge in [-0.2, -0.15) is 0 Å². The molecule has 0 bridgehead atoms. The quantitative estimate of drug-likeness (QED) is 0.517. The van der Waals surface area contributed by atoms with Gasteiger partial charge < -0.3 is 20.1 Å². The number of nitrogens with one attached hydrogen (secondary N) is 2. The highest BCUT2D eigenvalue weighted by atomic mass is 16.5. The van der Waals surface area contributed by atoms with E-state index < -0.39 is 0 Å². The van der Waals surface area contributed by atoms with Crippen molar-refractivity contribution in [2.24, 2.45) is 0 Å². The first-order chi connectivity index (χ1) is 7.66. The number of hydrogen-bond donors (Lipinski definition) is 2. The molecular weight excluding hydrogens is 220 g/mol. The largest absolute Gasteiger partial charge is 0.366 e. The van der Waals surface area contributed by atoms with Crippen LogP contribution in [0.5, 0.6) is 0 Å². The zero-order chi connectivity index (χ0) is 13.5. The average molecular weight is 246 g/mol. The molecule has 0 aromatic heterocycles. The summed E-state index contributed by atoms with van der Waals surface area (Å²) in [6, 6.07) is 0. The summed E-state index contributed by atoms with van der Waals surface area (Å²) in [6.07, 6.45) is 0. The summed E-state index contributed by atoms with van der Waals surface area (Å²) in [5.41, 5.74) is -0.390. The second kappa shape index (κ2) is 6.93. The Kier molecular flexibility index (Phi) is 6.67. The maximum Gasteiger partial charge on any atom is 0.247 e. The van der Waals surface area contributed by atoms with Crippen molar-refractivity contribution in [1.29, 1.82) is 0 Å². The van der Waals surface area contributed by atoms with Gasteiger partial charge in [-0.25, -0.2) is 0 Å². The van der Waals surface area contributed by atoms with Gasteiger partial charge in [0.25, 0.3) is 0 Å². The highest BCUT2D eigenvalue weighted by Gasteiger charge is 2.15. The Labute approximate surface area is 104 Å². The number of hydrogen-bond acceptors (Lipinski definition) is 4. The highest BCUT2D eigenvalue weighted by Crippen LogP contribution is 2.05. The number of carbonyl (C=O) groups excluding carboxylic acids is 1. The van der Waals surface area contributed by atoms with Crippen molar-refractivity contribution in [3.63, 3.8) is 0 Å². The van der Waals surface area contributed by atoms with E-state index in [1.807, 2.05) is 41.7 Å². The minimum absolute atomic E-state index is 0.0578. The molecule has 0 spiro atoms. The summed E-state index contributed by atoms with van der Waals surface area (Å²) < 4.78 is 10.7. The van der Waals surface area contributed by atoms with E-state index in [0.717, 1.165) is 0 Å². The standard InChI is InChI=1S/C12H26N2O3/c1-11(2,3)17-7-10(15)14-9-16-8-12(4,5)13-6/h13H,7-9H2,1-6H3,(H,14,15). The summed E-state index contributed by atoms with van der Waals surface area (Å²) in [6.45, 7) is 10.6. The molecule has 17 heavy (non-hydrogen) atoms. The van der Waals surface area contributed by atoms with Crippen LogP contribution >= 0.6 is 0 Å². The molecule has 0 aromatic carbocycles. The number of carbonyl (C=O) groups is 1. The molecule has 5 nitrogen and oxygen atoms in total. The van der Waals surface area contributed by atoms with E-state index in [0.29, 0.717) is 6.61 Å². The zero-order valence-corrected chi connectivity index (χ0v) is 11.8. The Bertz CT molecular complexity index is 234. The molecule has 0 aliphatic heterocycles. The molecule has 0 heterocycles. The smallest absolute Gasteiger partial charge is 0.247 e. The van der Waals surface area contributed by atoms with E-state index in [9.17, 15) is 4.79 Å². The second-order valence-electron chi connectivity index (χ2n) is 5.63. The van der Waals surface area contributed by atoms with Crippen molar-refractivity contribution in [3.05, 3.63) is 0 Å². The normalized spacial score (nSPS) is 12.6. The molecule has 0 unspecified atom stereocenters. The Balaban J connectivity index is 3.59. The molecule has 1 amide bonds. The summed E-state index contributed by atoms with van der Waals surface area (Å²) in [5.74, 6) is -0.165. The number of amides is 1. The molecule has 0 saturated carbocycles. The van der Waals surface area contributed by atoms with Gasteiger partial charge in [0.05, 0.1) is 12.2 Å². The lowest BCUT2D eigenvalue weighted by atomic mass is 10.1. The van der Waals surface area contributed by atoms with Gasteiger partial charge in [-0.15, -0.1) is 0 Å². The third-order valence-corrected chi connectivity index (χ3v) is 2.15. The second-order valence-corrected chi connectivity index (χ2v) is 5.63. The van der Waals surface area contributed by atoms with E-state index in [-0.39, 0.29) is 30.4 Å². The first-order valence-electron chi connectivity index (χ1n) is 5.83. The predicted molar refractivity (Wildman–Crippen MR) is 67.8 cm³/mol. The van der Waals surface area contributed by atoms with Gasteiger partial charge in [-0.05, 0) is 41.7 Å². The molecule has 0 fully saturated rings. The summed E-state index contributed by atoms with van der Waals surface area (Å²) >= 11 is 0. The van der Waals surface area contributed by atoms with Crippen LogP contribution in [-0.4, -0.2) is 44.0 Å². The lowest BCUT2D eigenvalue weighted by molar-refractivity contribution is -0.132. The molecular formula is C12H26N2O3. The van der Waals surface area contributed by atoms with Gasteiger partial charge in [0, 0.05) is 5.54 Å². The van der Waals surface area contributed by atoms with E-state index in [1.165, 1.54) is 0 Å². The maximum absolute atomic E-state index is 11.4. The van der Waals surface area contributed by atoms with Crippen LogP contribution in [-0.2, 0) is 14.3 Å². The van der Waals surface area contributed by atoms with E-state index >= 15 is 0 Å². The SMILES string of the molecule is CNC(C)(C)COCNC(=O)COC(C)(C)C. The molecule has 0 radical (unpaired) electrons. The van der Waals surface area contributed by atoms with Crippen molar-refractivity contribution in [2.75, 3.05) is 27.0 Å². The Morgan fingerprint density at radius 1 is 1.18 bits per heavy atom. The van der Waals surface area contributed by atoms with Crippen molar-refractivity contribution >= 4 is 5.91 Å². The number of likely N-dealkylation sites (N-methyl/N-ethyl adjacent to an activating group) is 1. The molecule has 0 aliphatic carbocycles. The minimum Gasteiger partial charge on any atom is -0.366 e. The van der Waals surface area contributed by atoms with Crippen LogP contribution in [0, 0.1) is 0 Å². The van der Waals surface area contributed by atoms with Crippen molar-refractivity contribution in [2.45, 2.75) is 45.8 Å². The van der Waals surface area contributed by atoms with Crippen LogP contribution in [0.1, 0.15) is 34.6 Å². The zero-order valence-electron chi connectivity index (χ0n) is 11.8. The first-order valence-corrected chi connectivity index (χ1v) is 5.83. The molecule has 0 atom stereocenters. The Hall–Kier alpha value is -0.650. The third-order valence-electron chi connectivity index (χ3n) is 2.15. The molecule has 0 aliphatic rings. The molecule has 0 rings (SSSR count). The van der Waals surface area contributed by atoms with E-state index in [4.69, 9.17) is 9.47 Å². The Morgan fingerprint density at radius 3 is 2.24 bits per heavy atom. The van der Waals surface area contributed by atoms with Crippen LogP contribution in [0.25, 0.3) is 0 Å². The van der Waals surface area contributed by atoms with E-state index in [2.05, 4.69) is 10.6 Å². The summed E-state index contributed by atoms with van der Waals surface area (Å²) in [4.78, 5) is 11.4. The molecule has 102 valence electrons. The van der Waals surface area contributed by atoms with Gasteiger partial charge in [-0.3, -0.25) is 4.79 Å². The fourth-order valence-electron chi connectivity index (χ4n) is 0.843. The molecule has 5 heteroatoms. The lowest BCUT2D eigenvalue weighted by Gasteiger charge is -2.23. The van der Waals surface area contributed by atoms with Crippen molar-refractivity contribution in [3.8, 4) is 0 Å². The molecule has 0 saturated heterocycles. The van der Waals surface area contributed by atoms with Gasteiger partial charge in [0.1, 0.15) is 13.3 Å². The molecule has 0 aromatic rings.